The van der Waals surface area contributed by atoms with Gasteiger partial charge in [0.05, 0.1) is 23.3 Å². The van der Waals surface area contributed by atoms with E-state index in [2.05, 4.69) is 24.7 Å². The van der Waals surface area contributed by atoms with Crippen LogP contribution in [0.2, 0.25) is 0 Å². The molecule has 0 amide bonds. The van der Waals surface area contributed by atoms with Gasteiger partial charge in [-0.25, -0.2) is 14.2 Å². The van der Waals surface area contributed by atoms with E-state index < -0.39 is 16.9 Å². The van der Waals surface area contributed by atoms with Gasteiger partial charge < -0.3 is 4.74 Å². The summed E-state index contributed by atoms with van der Waals surface area (Å²) in [6.45, 7) is 0. The number of halogens is 1. The standard InChI is InChI=1S/C19H14FN5O2S/c1-27-19-15(4-5-16(20)24-19)18-14-3-2-13(10-12(14)6-9-22-18)28(26)25-17-7-8-21-11-23-17/h2-11H,1H3,(H,21,23,25). The third-order valence-electron chi connectivity index (χ3n) is 4.00. The highest BCUT2D eigenvalue weighted by Crippen LogP contribution is 2.33. The zero-order valence-electron chi connectivity index (χ0n) is 14.7. The number of ether oxygens (including phenoxy) is 1. The summed E-state index contributed by atoms with van der Waals surface area (Å²) in [5, 5.41) is 1.63. The molecule has 0 saturated carbocycles. The zero-order chi connectivity index (χ0) is 19.5. The Bertz CT molecular complexity index is 1170. The molecule has 3 aromatic heterocycles. The number of aromatic nitrogens is 4. The molecule has 1 atom stereocenters. The minimum atomic E-state index is -1.50. The van der Waals surface area contributed by atoms with E-state index in [1.54, 1.807) is 36.7 Å². The van der Waals surface area contributed by atoms with Gasteiger partial charge in [-0.15, -0.1) is 0 Å². The van der Waals surface area contributed by atoms with E-state index >= 15 is 0 Å². The fourth-order valence-corrected chi connectivity index (χ4v) is 3.60. The van der Waals surface area contributed by atoms with E-state index in [4.69, 9.17) is 4.74 Å². The van der Waals surface area contributed by atoms with Crippen molar-refractivity contribution in [1.29, 1.82) is 0 Å². The van der Waals surface area contributed by atoms with Gasteiger partial charge in [-0.05, 0) is 41.8 Å². The molecule has 0 spiro atoms. The predicted molar refractivity (Wildman–Crippen MR) is 104 cm³/mol. The Labute approximate surface area is 162 Å². The molecular formula is C19H14FN5O2S. The van der Waals surface area contributed by atoms with E-state index in [0.717, 1.165) is 10.8 Å². The van der Waals surface area contributed by atoms with Crippen LogP contribution in [0.4, 0.5) is 10.2 Å². The fraction of sp³-hybridized carbons (Fsp3) is 0.0526. The van der Waals surface area contributed by atoms with Gasteiger partial charge in [-0.2, -0.15) is 9.37 Å². The fourth-order valence-electron chi connectivity index (χ4n) is 2.74. The predicted octanol–water partition coefficient (Wildman–Crippen LogP) is 3.37. The van der Waals surface area contributed by atoms with Crippen LogP contribution in [0, 0.1) is 5.95 Å². The maximum atomic E-state index is 13.4. The molecule has 0 fully saturated rings. The lowest BCUT2D eigenvalue weighted by Gasteiger charge is -2.11. The van der Waals surface area contributed by atoms with Gasteiger partial charge >= 0.3 is 0 Å². The first-order valence-corrected chi connectivity index (χ1v) is 9.35. The largest absolute Gasteiger partial charge is 0.480 e. The number of nitrogens with one attached hydrogen (secondary N) is 1. The first kappa shape index (κ1) is 17.9. The molecule has 1 N–H and O–H groups in total. The Morgan fingerprint density at radius 2 is 1.96 bits per heavy atom. The van der Waals surface area contributed by atoms with Crippen LogP contribution in [0.1, 0.15) is 0 Å². The summed E-state index contributed by atoms with van der Waals surface area (Å²) in [5.74, 6) is -0.0154. The Hall–Kier alpha value is -3.46. The van der Waals surface area contributed by atoms with Gasteiger partial charge in [0.2, 0.25) is 11.8 Å². The second-order valence-corrected chi connectivity index (χ2v) is 6.91. The normalized spacial score (nSPS) is 11.9. The van der Waals surface area contributed by atoms with Gasteiger partial charge in [0.1, 0.15) is 12.1 Å². The van der Waals surface area contributed by atoms with Crippen molar-refractivity contribution >= 4 is 27.6 Å². The second-order valence-electron chi connectivity index (χ2n) is 5.70. The third-order valence-corrected chi connectivity index (χ3v) is 5.08. The van der Waals surface area contributed by atoms with Crippen LogP contribution in [0.25, 0.3) is 22.0 Å². The summed E-state index contributed by atoms with van der Waals surface area (Å²) in [5.41, 5.74) is 1.17. The number of hydrogen-bond donors (Lipinski definition) is 1. The van der Waals surface area contributed by atoms with Gasteiger partial charge in [0.25, 0.3) is 0 Å². The van der Waals surface area contributed by atoms with Gasteiger partial charge in [0.15, 0.2) is 11.0 Å². The van der Waals surface area contributed by atoms with Crippen molar-refractivity contribution in [2.45, 2.75) is 4.90 Å². The van der Waals surface area contributed by atoms with E-state index in [0.29, 0.717) is 22.0 Å². The Kier molecular flexibility index (Phi) is 4.90. The molecule has 0 aliphatic carbocycles. The SMILES string of the molecule is COc1nc(F)ccc1-c1nccc2cc(S(=O)Nc3ccncn3)ccc12. The summed E-state index contributed by atoms with van der Waals surface area (Å²) < 4.78 is 34.0. The molecule has 0 bridgehead atoms. The van der Waals surface area contributed by atoms with Crippen molar-refractivity contribution in [1.82, 2.24) is 19.9 Å². The topological polar surface area (TPSA) is 89.9 Å². The molecule has 4 rings (SSSR count). The number of hydrogen-bond acceptors (Lipinski definition) is 6. The minimum absolute atomic E-state index is 0.151. The molecule has 1 unspecified atom stereocenters. The Morgan fingerprint density at radius 3 is 2.75 bits per heavy atom. The molecule has 1 aromatic carbocycles. The summed E-state index contributed by atoms with van der Waals surface area (Å²) in [6, 6.07) is 11.6. The van der Waals surface area contributed by atoms with Crippen LogP contribution >= 0.6 is 0 Å². The molecule has 3 heterocycles. The van der Waals surface area contributed by atoms with Crippen molar-refractivity contribution in [3.8, 4) is 17.1 Å². The molecule has 0 aliphatic rings. The number of anilines is 1. The number of rotatable bonds is 5. The lowest BCUT2D eigenvalue weighted by Crippen LogP contribution is -2.06. The first-order valence-electron chi connectivity index (χ1n) is 8.20. The number of nitrogens with zero attached hydrogens (tertiary/aromatic N) is 4. The lowest BCUT2D eigenvalue weighted by molar-refractivity contribution is 0.389. The summed E-state index contributed by atoms with van der Waals surface area (Å²) in [6.07, 6.45) is 4.57. The average molecular weight is 395 g/mol. The molecule has 0 radical (unpaired) electrons. The zero-order valence-corrected chi connectivity index (χ0v) is 15.5. The molecule has 9 heteroatoms. The maximum Gasteiger partial charge on any atom is 0.225 e. The van der Waals surface area contributed by atoms with E-state index in [9.17, 15) is 8.60 Å². The molecule has 0 aliphatic heterocycles. The highest BCUT2D eigenvalue weighted by atomic mass is 32.2. The second kappa shape index (κ2) is 7.65. The third kappa shape index (κ3) is 3.52. The van der Waals surface area contributed by atoms with E-state index in [-0.39, 0.29) is 5.88 Å². The van der Waals surface area contributed by atoms with Crippen molar-refractivity contribution < 1.29 is 13.3 Å². The van der Waals surface area contributed by atoms with Crippen molar-refractivity contribution in [3.05, 3.63) is 67.1 Å². The van der Waals surface area contributed by atoms with Crippen LogP contribution in [0.15, 0.2) is 66.1 Å². The summed E-state index contributed by atoms with van der Waals surface area (Å²) in [7, 11) is -0.0709. The highest BCUT2D eigenvalue weighted by molar-refractivity contribution is 7.86. The van der Waals surface area contributed by atoms with Crippen LogP contribution in [-0.4, -0.2) is 31.3 Å². The van der Waals surface area contributed by atoms with E-state index in [1.807, 2.05) is 12.1 Å². The molecule has 7 nitrogen and oxygen atoms in total. The van der Waals surface area contributed by atoms with Crippen molar-refractivity contribution in [2.24, 2.45) is 0 Å². The average Bonchev–Trinajstić information content (AvgIpc) is 2.73. The van der Waals surface area contributed by atoms with Crippen LogP contribution < -0.4 is 9.46 Å². The Morgan fingerprint density at radius 1 is 1.07 bits per heavy atom. The van der Waals surface area contributed by atoms with Gasteiger partial charge in [0, 0.05) is 17.8 Å². The maximum absolute atomic E-state index is 13.4. The molecule has 0 saturated heterocycles. The lowest BCUT2D eigenvalue weighted by atomic mass is 10.1. The smallest absolute Gasteiger partial charge is 0.225 e. The number of benzene rings is 1. The first-order chi connectivity index (χ1) is 13.7. The minimum Gasteiger partial charge on any atom is -0.480 e. The van der Waals surface area contributed by atoms with E-state index in [1.165, 1.54) is 19.5 Å². The summed E-state index contributed by atoms with van der Waals surface area (Å²) >= 11 is 0. The number of methoxy groups -OCH3 is 1. The monoisotopic (exact) mass is 395 g/mol. The summed E-state index contributed by atoms with van der Waals surface area (Å²) in [4.78, 5) is 16.6. The molecule has 4 aromatic rings. The number of pyridine rings is 2. The molecule has 140 valence electrons. The van der Waals surface area contributed by atoms with Crippen molar-refractivity contribution in [3.63, 3.8) is 0 Å². The number of fused-ring (bicyclic) bond motifs is 1. The van der Waals surface area contributed by atoms with Gasteiger partial charge in [-0.1, -0.05) is 6.07 Å². The van der Waals surface area contributed by atoms with Crippen LogP contribution in [0.5, 0.6) is 5.88 Å². The van der Waals surface area contributed by atoms with Crippen LogP contribution in [0.3, 0.4) is 0 Å². The highest BCUT2D eigenvalue weighted by Gasteiger charge is 2.14. The van der Waals surface area contributed by atoms with Crippen molar-refractivity contribution in [2.75, 3.05) is 11.8 Å². The quantitative estimate of drug-likeness (QED) is 0.521. The molecule has 28 heavy (non-hydrogen) atoms. The molecular weight excluding hydrogens is 381 g/mol. The Balaban J connectivity index is 1.74. The van der Waals surface area contributed by atoms with Gasteiger partial charge in [-0.3, -0.25) is 9.71 Å². The van der Waals surface area contributed by atoms with Crippen LogP contribution in [-0.2, 0) is 11.0 Å².